The van der Waals surface area contributed by atoms with Crippen LogP contribution in [0, 0.1) is 0 Å². The Kier molecular flexibility index (Phi) is 8.78. The Balaban J connectivity index is 3.28. The van der Waals surface area contributed by atoms with Gasteiger partial charge in [0, 0.05) is 13.2 Å². The highest BCUT2D eigenvalue weighted by molar-refractivity contribution is 4.59. The van der Waals surface area contributed by atoms with Gasteiger partial charge in [-0.2, -0.15) is 5.48 Å². The number of aliphatic hydroxyl groups excluding tert-OH is 1. The number of nitrogens with one attached hydrogen (secondary N) is 1. The lowest BCUT2D eigenvalue weighted by molar-refractivity contribution is -0.0904. The zero-order valence-corrected chi connectivity index (χ0v) is 10.8. The van der Waals surface area contributed by atoms with Crippen molar-refractivity contribution in [3.63, 3.8) is 0 Å². The van der Waals surface area contributed by atoms with Gasteiger partial charge in [0.2, 0.25) is 0 Å². The molecule has 0 saturated heterocycles. The van der Waals surface area contributed by atoms with Gasteiger partial charge in [-0.25, -0.2) is 0 Å². The van der Waals surface area contributed by atoms with Crippen molar-refractivity contribution < 1.29 is 19.4 Å². The van der Waals surface area contributed by atoms with Crippen LogP contribution in [0.3, 0.4) is 0 Å². The summed E-state index contributed by atoms with van der Waals surface area (Å²) in [5, 5.41) is 9.49. The molecule has 5 nitrogen and oxygen atoms in total. The van der Waals surface area contributed by atoms with Crippen molar-refractivity contribution in [1.29, 1.82) is 0 Å². The molecular weight excluding hydrogens is 210 g/mol. The summed E-state index contributed by atoms with van der Waals surface area (Å²) in [6, 6.07) is 0. The lowest BCUT2D eigenvalue weighted by atomic mass is 10.2. The van der Waals surface area contributed by atoms with Crippen molar-refractivity contribution in [2.24, 2.45) is 0 Å². The lowest BCUT2D eigenvalue weighted by Gasteiger charge is -2.20. The molecule has 0 saturated carbocycles. The third-order valence-corrected chi connectivity index (χ3v) is 1.58. The number of hydrogen-bond acceptors (Lipinski definition) is 5. The Bertz CT molecular complexity index is 159. The minimum atomic E-state index is -0.566. The average molecular weight is 235 g/mol. The lowest BCUT2D eigenvalue weighted by Crippen LogP contribution is -2.36. The normalized spacial score (nSPS) is 14.1. The fourth-order valence-electron chi connectivity index (χ4n) is 0.895. The van der Waals surface area contributed by atoms with Crippen molar-refractivity contribution in [3.05, 3.63) is 0 Å². The third kappa shape index (κ3) is 11.9. The van der Waals surface area contributed by atoms with Gasteiger partial charge in [-0.15, -0.1) is 0 Å². The number of rotatable bonds is 9. The SMILES string of the molecule is CCOCCOCC(O)CNOC(C)(C)C. The minimum absolute atomic E-state index is 0.254. The van der Waals surface area contributed by atoms with Crippen LogP contribution in [-0.2, 0) is 14.3 Å². The average Bonchev–Trinajstić information content (AvgIpc) is 2.15. The molecule has 0 aliphatic rings. The van der Waals surface area contributed by atoms with Crippen molar-refractivity contribution in [1.82, 2.24) is 5.48 Å². The molecule has 0 spiro atoms. The van der Waals surface area contributed by atoms with Gasteiger partial charge in [0.25, 0.3) is 0 Å². The Morgan fingerprint density at radius 1 is 1.19 bits per heavy atom. The van der Waals surface area contributed by atoms with Crippen LogP contribution in [0.25, 0.3) is 0 Å². The summed E-state index contributed by atoms with van der Waals surface area (Å²) < 4.78 is 10.3. The van der Waals surface area contributed by atoms with E-state index < -0.39 is 6.10 Å². The van der Waals surface area contributed by atoms with Gasteiger partial charge >= 0.3 is 0 Å². The van der Waals surface area contributed by atoms with Gasteiger partial charge in [0.1, 0.15) is 0 Å². The van der Waals surface area contributed by atoms with Gasteiger partial charge in [-0.1, -0.05) is 0 Å². The van der Waals surface area contributed by atoms with Crippen LogP contribution in [0.15, 0.2) is 0 Å². The molecule has 0 amide bonds. The summed E-state index contributed by atoms with van der Waals surface area (Å²) in [5.74, 6) is 0. The molecule has 0 aromatic rings. The van der Waals surface area contributed by atoms with E-state index in [0.717, 1.165) is 0 Å². The molecule has 0 aliphatic carbocycles. The van der Waals surface area contributed by atoms with Gasteiger partial charge in [-0.05, 0) is 27.7 Å². The molecule has 0 radical (unpaired) electrons. The highest BCUT2D eigenvalue weighted by atomic mass is 16.7. The van der Waals surface area contributed by atoms with Crippen LogP contribution in [-0.4, -0.2) is 49.8 Å². The predicted octanol–water partition coefficient (Wildman–Crippen LogP) is 0.720. The minimum Gasteiger partial charge on any atom is -0.389 e. The molecule has 5 heteroatoms. The molecule has 0 heterocycles. The smallest absolute Gasteiger partial charge is 0.0920 e. The molecule has 1 unspecified atom stereocenters. The third-order valence-electron chi connectivity index (χ3n) is 1.58. The largest absolute Gasteiger partial charge is 0.389 e. The molecule has 0 aliphatic heterocycles. The van der Waals surface area contributed by atoms with E-state index in [4.69, 9.17) is 14.3 Å². The fraction of sp³-hybridized carbons (Fsp3) is 1.00. The Morgan fingerprint density at radius 3 is 2.38 bits per heavy atom. The van der Waals surface area contributed by atoms with E-state index in [9.17, 15) is 5.11 Å². The van der Waals surface area contributed by atoms with Crippen LogP contribution in [0.2, 0.25) is 0 Å². The van der Waals surface area contributed by atoms with Gasteiger partial charge in [-0.3, -0.25) is 4.84 Å². The molecule has 98 valence electrons. The maximum atomic E-state index is 9.49. The fourth-order valence-corrected chi connectivity index (χ4v) is 0.895. The van der Waals surface area contributed by atoms with Crippen LogP contribution in [0.1, 0.15) is 27.7 Å². The van der Waals surface area contributed by atoms with Crippen molar-refractivity contribution in [2.75, 3.05) is 33.0 Å². The Morgan fingerprint density at radius 2 is 1.81 bits per heavy atom. The summed E-state index contributed by atoms with van der Waals surface area (Å²) in [6.07, 6.45) is -0.566. The van der Waals surface area contributed by atoms with E-state index >= 15 is 0 Å². The first kappa shape index (κ1) is 15.8. The van der Waals surface area contributed by atoms with Crippen LogP contribution >= 0.6 is 0 Å². The van der Waals surface area contributed by atoms with Crippen LogP contribution < -0.4 is 5.48 Å². The molecule has 0 fully saturated rings. The summed E-state index contributed by atoms with van der Waals surface area (Å²) in [5.41, 5.74) is 2.46. The second-order valence-electron chi connectivity index (χ2n) is 4.49. The standard InChI is InChI=1S/C11H25NO4/c1-5-14-6-7-15-9-10(13)8-12-16-11(2,3)4/h10,12-13H,5-9H2,1-4H3. The first-order chi connectivity index (χ1) is 7.45. The zero-order chi connectivity index (χ0) is 12.4. The topological polar surface area (TPSA) is 60.0 Å². The van der Waals surface area contributed by atoms with E-state index in [1.54, 1.807) is 0 Å². The van der Waals surface area contributed by atoms with E-state index in [0.29, 0.717) is 26.4 Å². The molecule has 0 rings (SSSR count). The quantitative estimate of drug-likeness (QED) is 0.455. The van der Waals surface area contributed by atoms with Crippen LogP contribution in [0.4, 0.5) is 0 Å². The Labute approximate surface area is 98.0 Å². The second kappa shape index (κ2) is 8.90. The first-order valence-electron chi connectivity index (χ1n) is 5.70. The van der Waals surface area contributed by atoms with E-state index in [1.165, 1.54) is 0 Å². The number of hydrogen-bond donors (Lipinski definition) is 2. The van der Waals surface area contributed by atoms with Crippen LogP contribution in [0.5, 0.6) is 0 Å². The van der Waals surface area contributed by atoms with E-state index in [1.807, 2.05) is 27.7 Å². The Hall–Kier alpha value is -0.200. The monoisotopic (exact) mass is 235 g/mol. The van der Waals surface area contributed by atoms with Crippen molar-refractivity contribution in [2.45, 2.75) is 39.4 Å². The predicted molar refractivity (Wildman–Crippen MR) is 62.2 cm³/mol. The molecular formula is C11H25NO4. The summed E-state index contributed by atoms with van der Waals surface area (Å²) in [7, 11) is 0. The zero-order valence-electron chi connectivity index (χ0n) is 10.8. The molecule has 16 heavy (non-hydrogen) atoms. The van der Waals surface area contributed by atoms with E-state index in [2.05, 4.69) is 5.48 Å². The number of hydroxylamine groups is 1. The number of ether oxygens (including phenoxy) is 2. The maximum absolute atomic E-state index is 9.49. The van der Waals surface area contributed by atoms with E-state index in [-0.39, 0.29) is 12.2 Å². The summed E-state index contributed by atoms with van der Waals surface area (Å²) >= 11 is 0. The second-order valence-corrected chi connectivity index (χ2v) is 4.49. The van der Waals surface area contributed by atoms with Gasteiger partial charge in [0.05, 0.1) is 31.5 Å². The highest BCUT2D eigenvalue weighted by Crippen LogP contribution is 2.03. The molecule has 1 atom stereocenters. The number of aliphatic hydroxyl groups is 1. The maximum Gasteiger partial charge on any atom is 0.0920 e. The highest BCUT2D eigenvalue weighted by Gasteiger charge is 2.11. The molecule has 0 bridgehead atoms. The van der Waals surface area contributed by atoms with Crippen molar-refractivity contribution >= 4 is 0 Å². The summed E-state index contributed by atoms with van der Waals surface area (Å²) in [6.45, 7) is 10.1. The van der Waals surface area contributed by atoms with Gasteiger partial charge < -0.3 is 14.6 Å². The molecule has 0 aromatic carbocycles. The molecule has 2 N–H and O–H groups in total. The van der Waals surface area contributed by atoms with Crippen molar-refractivity contribution in [3.8, 4) is 0 Å². The summed E-state index contributed by atoms with van der Waals surface area (Å²) in [4.78, 5) is 5.25. The van der Waals surface area contributed by atoms with Gasteiger partial charge in [0.15, 0.2) is 0 Å². The molecule has 0 aromatic heterocycles. The first-order valence-corrected chi connectivity index (χ1v) is 5.70.